The summed E-state index contributed by atoms with van der Waals surface area (Å²) in [6.07, 6.45) is 1.25. The summed E-state index contributed by atoms with van der Waals surface area (Å²) < 4.78 is 2.50. The van der Waals surface area contributed by atoms with E-state index in [1.807, 2.05) is 17.8 Å². The van der Waals surface area contributed by atoms with E-state index in [1.54, 1.807) is 11.3 Å². The zero-order valence-corrected chi connectivity index (χ0v) is 10.7. The van der Waals surface area contributed by atoms with E-state index in [-0.39, 0.29) is 0 Å². The SMILES string of the molecule is CCC(C)CSc1nc2ccccc2s1. The molecule has 2 rings (SSSR count). The molecule has 0 radical (unpaired) electrons. The number of thioether (sulfide) groups is 1. The molecule has 0 N–H and O–H groups in total. The van der Waals surface area contributed by atoms with Gasteiger partial charge in [-0.3, -0.25) is 0 Å². The maximum absolute atomic E-state index is 4.60. The van der Waals surface area contributed by atoms with Crippen molar-refractivity contribution >= 4 is 33.3 Å². The topological polar surface area (TPSA) is 12.9 Å². The first-order valence-corrected chi connectivity index (χ1v) is 7.08. The second-order valence-electron chi connectivity index (χ2n) is 3.77. The normalized spacial score (nSPS) is 13.2. The molecule has 0 spiro atoms. The van der Waals surface area contributed by atoms with Crippen LogP contribution in [0, 0.1) is 5.92 Å². The molecular formula is C12H15NS2. The van der Waals surface area contributed by atoms with Crippen LogP contribution in [0.25, 0.3) is 10.2 Å². The highest BCUT2D eigenvalue weighted by Gasteiger charge is 2.05. The minimum absolute atomic E-state index is 0.780. The van der Waals surface area contributed by atoms with E-state index in [0.29, 0.717) is 0 Å². The van der Waals surface area contributed by atoms with Crippen molar-refractivity contribution in [2.24, 2.45) is 5.92 Å². The van der Waals surface area contributed by atoms with Gasteiger partial charge < -0.3 is 0 Å². The van der Waals surface area contributed by atoms with Gasteiger partial charge in [-0.2, -0.15) is 0 Å². The van der Waals surface area contributed by atoms with Gasteiger partial charge in [0, 0.05) is 5.75 Å². The van der Waals surface area contributed by atoms with Crippen LogP contribution in [0.3, 0.4) is 0 Å². The predicted molar refractivity (Wildman–Crippen MR) is 69.8 cm³/mol. The van der Waals surface area contributed by atoms with Gasteiger partial charge >= 0.3 is 0 Å². The van der Waals surface area contributed by atoms with E-state index in [4.69, 9.17) is 0 Å². The highest BCUT2D eigenvalue weighted by Crippen LogP contribution is 2.30. The molecule has 0 fully saturated rings. The summed E-state index contributed by atoms with van der Waals surface area (Å²) in [6.45, 7) is 4.53. The van der Waals surface area contributed by atoms with Gasteiger partial charge in [0.15, 0.2) is 4.34 Å². The van der Waals surface area contributed by atoms with Gasteiger partial charge in [0.1, 0.15) is 0 Å². The number of nitrogens with zero attached hydrogens (tertiary/aromatic N) is 1. The highest BCUT2D eigenvalue weighted by atomic mass is 32.2. The molecule has 1 aromatic heterocycles. The molecule has 0 saturated heterocycles. The average Bonchev–Trinajstić information content (AvgIpc) is 2.68. The smallest absolute Gasteiger partial charge is 0.151 e. The Bertz CT molecular complexity index is 403. The average molecular weight is 237 g/mol. The molecule has 0 amide bonds. The van der Waals surface area contributed by atoms with Crippen LogP contribution in [-0.4, -0.2) is 10.7 Å². The number of aromatic nitrogens is 1. The Balaban J connectivity index is 2.09. The first kappa shape index (κ1) is 11.0. The molecule has 3 heteroatoms. The summed E-state index contributed by atoms with van der Waals surface area (Å²) in [7, 11) is 0. The quantitative estimate of drug-likeness (QED) is 0.729. The van der Waals surface area contributed by atoms with Crippen LogP contribution in [0.5, 0.6) is 0 Å². The van der Waals surface area contributed by atoms with E-state index < -0.39 is 0 Å². The molecule has 1 heterocycles. The van der Waals surface area contributed by atoms with Gasteiger partial charge in [-0.1, -0.05) is 44.2 Å². The Morgan fingerprint density at radius 3 is 2.93 bits per heavy atom. The molecule has 0 aliphatic carbocycles. The Morgan fingerprint density at radius 1 is 1.40 bits per heavy atom. The lowest BCUT2D eigenvalue weighted by molar-refractivity contribution is 0.637. The van der Waals surface area contributed by atoms with Crippen molar-refractivity contribution in [3.05, 3.63) is 24.3 Å². The molecule has 1 aromatic carbocycles. The van der Waals surface area contributed by atoms with Crippen LogP contribution in [-0.2, 0) is 0 Å². The highest BCUT2D eigenvalue weighted by molar-refractivity contribution is 8.01. The summed E-state index contributed by atoms with van der Waals surface area (Å²) in [6, 6.07) is 8.34. The van der Waals surface area contributed by atoms with Crippen molar-refractivity contribution in [2.75, 3.05) is 5.75 Å². The first-order chi connectivity index (χ1) is 7.29. The summed E-state index contributed by atoms with van der Waals surface area (Å²) >= 11 is 3.69. The third kappa shape index (κ3) is 2.73. The Morgan fingerprint density at radius 2 is 2.20 bits per heavy atom. The zero-order chi connectivity index (χ0) is 10.7. The summed E-state index contributed by atoms with van der Waals surface area (Å²) in [5, 5.41) is 0. The van der Waals surface area contributed by atoms with Gasteiger partial charge in [0.05, 0.1) is 10.2 Å². The third-order valence-electron chi connectivity index (χ3n) is 2.46. The minimum Gasteiger partial charge on any atom is -0.230 e. The molecule has 1 unspecified atom stereocenters. The maximum Gasteiger partial charge on any atom is 0.151 e. The standard InChI is InChI=1S/C12H15NS2/c1-3-9(2)8-14-12-13-10-6-4-5-7-11(10)15-12/h4-7,9H,3,8H2,1-2H3. The van der Waals surface area contributed by atoms with Crippen molar-refractivity contribution in [3.8, 4) is 0 Å². The van der Waals surface area contributed by atoms with Crippen LogP contribution in [0.1, 0.15) is 20.3 Å². The molecule has 80 valence electrons. The Hall–Kier alpha value is -0.540. The first-order valence-electron chi connectivity index (χ1n) is 5.28. The second kappa shape index (κ2) is 4.99. The number of para-hydroxylation sites is 1. The van der Waals surface area contributed by atoms with Gasteiger partial charge in [0.2, 0.25) is 0 Å². The predicted octanol–water partition coefficient (Wildman–Crippen LogP) is 4.43. The minimum atomic E-state index is 0.780. The van der Waals surface area contributed by atoms with Gasteiger partial charge in [-0.15, -0.1) is 11.3 Å². The molecule has 1 nitrogen and oxygen atoms in total. The lowest BCUT2D eigenvalue weighted by Crippen LogP contribution is -1.94. The molecular weight excluding hydrogens is 222 g/mol. The largest absolute Gasteiger partial charge is 0.230 e. The van der Waals surface area contributed by atoms with Gasteiger partial charge in [-0.05, 0) is 18.1 Å². The number of thiazole rings is 1. The van der Waals surface area contributed by atoms with Crippen LogP contribution < -0.4 is 0 Å². The number of hydrogen-bond donors (Lipinski definition) is 0. The molecule has 0 bridgehead atoms. The van der Waals surface area contributed by atoms with Crippen LogP contribution in [0.4, 0.5) is 0 Å². The lowest BCUT2D eigenvalue weighted by Gasteiger charge is -2.04. The van der Waals surface area contributed by atoms with Crippen LogP contribution in [0.15, 0.2) is 28.6 Å². The molecule has 15 heavy (non-hydrogen) atoms. The van der Waals surface area contributed by atoms with Crippen LogP contribution >= 0.6 is 23.1 Å². The van der Waals surface area contributed by atoms with Crippen LogP contribution in [0.2, 0.25) is 0 Å². The summed E-state index contributed by atoms with van der Waals surface area (Å²) in [5.74, 6) is 1.96. The number of hydrogen-bond acceptors (Lipinski definition) is 3. The van der Waals surface area contributed by atoms with Crippen molar-refractivity contribution in [3.63, 3.8) is 0 Å². The Kier molecular flexibility index (Phi) is 3.65. The van der Waals surface area contributed by atoms with Gasteiger partial charge in [0.25, 0.3) is 0 Å². The fourth-order valence-electron chi connectivity index (χ4n) is 1.24. The van der Waals surface area contributed by atoms with Crippen molar-refractivity contribution in [2.45, 2.75) is 24.6 Å². The van der Waals surface area contributed by atoms with E-state index in [1.165, 1.54) is 21.2 Å². The second-order valence-corrected chi connectivity index (χ2v) is 6.07. The molecule has 0 aliphatic rings. The molecule has 0 saturated carbocycles. The van der Waals surface area contributed by atoms with E-state index in [2.05, 4.69) is 37.0 Å². The van der Waals surface area contributed by atoms with Crippen molar-refractivity contribution in [1.82, 2.24) is 4.98 Å². The molecule has 1 atom stereocenters. The van der Waals surface area contributed by atoms with E-state index in [0.717, 1.165) is 11.4 Å². The summed E-state index contributed by atoms with van der Waals surface area (Å²) in [4.78, 5) is 4.60. The van der Waals surface area contributed by atoms with E-state index in [9.17, 15) is 0 Å². The maximum atomic E-state index is 4.60. The zero-order valence-electron chi connectivity index (χ0n) is 9.06. The lowest BCUT2D eigenvalue weighted by atomic mass is 10.2. The fraction of sp³-hybridized carbons (Fsp3) is 0.417. The van der Waals surface area contributed by atoms with E-state index >= 15 is 0 Å². The number of rotatable bonds is 4. The number of fused-ring (bicyclic) bond motifs is 1. The summed E-state index contributed by atoms with van der Waals surface area (Å²) in [5.41, 5.74) is 1.13. The Labute approximate surface area is 98.9 Å². The fourth-order valence-corrected chi connectivity index (χ4v) is 3.48. The van der Waals surface area contributed by atoms with Crippen molar-refractivity contribution in [1.29, 1.82) is 0 Å². The van der Waals surface area contributed by atoms with Gasteiger partial charge in [-0.25, -0.2) is 4.98 Å². The number of benzene rings is 1. The molecule has 0 aliphatic heterocycles. The third-order valence-corrected chi connectivity index (χ3v) is 4.97. The monoisotopic (exact) mass is 237 g/mol. The van der Waals surface area contributed by atoms with Crippen molar-refractivity contribution < 1.29 is 0 Å². The molecule has 2 aromatic rings.